The van der Waals surface area contributed by atoms with Crippen LogP contribution in [0.2, 0.25) is 0 Å². The van der Waals surface area contributed by atoms with Gasteiger partial charge < -0.3 is 4.74 Å². The van der Waals surface area contributed by atoms with Crippen molar-refractivity contribution in [2.24, 2.45) is 0 Å². The average Bonchev–Trinajstić information content (AvgIpc) is 2.86. The van der Waals surface area contributed by atoms with Gasteiger partial charge in [-0.15, -0.1) is 0 Å². The zero-order valence-corrected chi connectivity index (χ0v) is 18.7. The van der Waals surface area contributed by atoms with Crippen LogP contribution >= 0.6 is 0 Å². The van der Waals surface area contributed by atoms with E-state index in [0.29, 0.717) is 47.7 Å². The lowest BCUT2D eigenvalue weighted by Gasteiger charge is -2.38. The molecule has 1 amide bonds. The highest BCUT2D eigenvalue weighted by Gasteiger charge is 2.39. The minimum Gasteiger partial charge on any atom is -0.497 e. The number of ether oxygens (including phenoxy) is 1. The predicted molar refractivity (Wildman–Crippen MR) is 127 cm³/mol. The topological polar surface area (TPSA) is 104 Å². The zero-order valence-electron chi connectivity index (χ0n) is 18.7. The summed E-state index contributed by atoms with van der Waals surface area (Å²) in [5.41, 5.74) is 6.64. The molecule has 2 aliphatic rings. The molecule has 5 rings (SSSR count). The molecule has 0 unspecified atom stereocenters. The SMILES string of the molecule is COc1ccc([C@@H]2CC(=O)N(Nc3cc(=O)[nH]nc3-c3ccccc3)C3=C2C(=O)CCC3)cc1. The van der Waals surface area contributed by atoms with Crippen LogP contribution in [0.1, 0.15) is 37.2 Å². The highest BCUT2D eigenvalue weighted by atomic mass is 16.5. The summed E-state index contributed by atoms with van der Waals surface area (Å²) in [6.45, 7) is 0. The zero-order chi connectivity index (χ0) is 23.7. The van der Waals surface area contributed by atoms with Crippen molar-refractivity contribution in [3.63, 3.8) is 0 Å². The standard InChI is InChI=1S/C26H24N4O4/c1-34-18-12-10-16(11-13-18)19-14-24(33)30(21-8-5-9-22(31)25(19)21)29-20-15-23(32)27-28-26(20)17-6-3-2-4-7-17/h2-4,6-7,10-13,15,19H,5,8-9,14H2,1H3,(H2,27,29,32)/t19-/m0/s1. The molecule has 0 saturated heterocycles. The second-order valence-corrected chi connectivity index (χ2v) is 8.37. The fourth-order valence-corrected chi connectivity index (χ4v) is 4.67. The summed E-state index contributed by atoms with van der Waals surface area (Å²) in [5, 5.41) is 8.11. The van der Waals surface area contributed by atoms with Crippen molar-refractivity contribution in [1.82, 2.24) is 15.2 Å². The number of H-pyrrole nitrogens is 1. The molecule has 1 atom stereocenters. The first-order valence-electron chi connectivity index (χ1n) is 11.2. The van der Waals surface area contributed by atoms with Gasteiger partial charge in [0.2, 0.25) is 5.91 Å². The Morgan fingerprint density at radius 3 is 2.53 bits per heavy atom. The lowest BCUT2D eigenvalue weighted by Crippen LogP contribution is -2.43. The average molecular weight is 457 g/mol. The van der Waals surface area contributed by atoms with E-state index in [0.717, 1.165) is 11.1 Å². The van der Waals surface area contributed by atoms with Gasteiger partial charge in [-0.2, -0.15) is 5.10 Å². The minimum absolute atomic E-state index is 0.0497. The number of aromatic nitrogens is 2. The summed E-state index contributed by atoms with van der Waals surface area (Å²) >= 11 is 0. The third kappa shape index (κ3) is 3.98. The smallest absolute Gasteiger partial charge is 0.266 e. The number of aromatic amines is 1. The summed E-state index contributed by atoms with van der Waals surface area (Å²) in [7, 11) is 1.60. The second kappa shape index (κ2) is 8.97. The van der Waals surface area contributed by atoms with E-state index in [1.807, 2.05) is 54.6 Å². The van der Waals surface area contributed by atoms with Crippen LogP contribution in [-0.2, 0) is 9.59 Å². The molecule has 2 aromatic carbocycles. The van der Waals surface area contributed by atoms with Crippen LogP contribution in [0.3, 0.4) is 0 Å². The van der Waals surface area contributed by atoms with Crippen molar-refractivity contribution in [1.29, 1.82) is 0 Å². The maximum absolute atomic E-state index is 13.4. The molecule has 0 bridgehead atoms. The van der Waals surface area contributed by atoms with Gasteiger partial charge in [0.15, 0.2) is 5.78 Å². The van der Waals surface area contributed by atoms with Gasteiger partial charge in [-0.1, -0.05) is 42.5 Å². The van der Waals surface area contributed by atoms with E-state index in [4.69, 9.17) is 4.74 Å². The Balaban J connectivity index is 1.56. The number of amides is 1. The van der Waals surface area contributed by atoms with Crippen LogP contribution in [0.15, 0.2) is 76.7 Å². The summed E-state index contributed by atoms with van der Waals surface area (Å²) < 4.78 is 5.25. The first kappa shape index (κ1) is 21.6. The molecular weight excluding hydrogens is 432 g/mol. The molecule has 2 N–H and O–H groups in total. The fourth-order valence-electron chi connectivity index (χ4n) is 4.67. The summed E-state index contributed by atoms with van der Waals surface area (Å²) in [4.78, 5) is 38.5. The molecule has 1 aliphatic heterocycles. The van der Waals surface area contributed by atoms with Gasteiger partial charge in [-0.3, -0.25) is 19.8 Å². The Kier molecular flexibility index (Phi) is 5.71. The number of methoxy groups -OCH3 is 1. The Labute approximate surface area is 196 Å². The molecule has 1 aromatic heterocycles. The van der Waals surface area contributed by atoms with E-state index in [-0.39, 0.29) is 24.0 Å². The Morgan fingerprint density at radius 2 is 1.79 bits per heavy atom. The molecule has 0 radical (unpaired) electrons. The lowest BCUT2D eigenvalue weighted by molar-refractivity contribution is -0.130. The van der Waals surface area contributed by atoms with E-state index in [1.54, 1.807) is 7.11 Å². The van der Waals surface area contributed by atoms with E-state index in [9.17, 15) is 14.4 Å². The number of ketones is 1. The summed E-state index contributed by atoms with van der Waals surface area (Å²) in [6.07, 6.45) is 1.85. The highest BCUT2D eigenvalue weighted by molar-refractivity contribution is 6.01. The van der Waals surface area contributed by atoms with Gasteiger partial charge in [-0.25, -0.2) is 10.1 Å². The number of carbonyl (C=O) groups excluding carboxylic acids is 2. The summed E-state index contributed by atoms with van der Waals surface area (Å²) in [6, 6.07) is 18.2. The molecule has 0 fully saturated rings. The van der Waals surface area contributed by atoms with Gasteiger partial charge in [0.1, 0.15) is 11.4 Å². The maximum Gasteiger partial charge on any atom is 0.266 e. The van der Waals surface area contributed by atoms with Crippen LogP contribution in [0, 0.1) is 0 Å². The number of hydrogen-bond acceptors (Lipinski definition) is 6. The van der Waals surface area contributed by atoms with Crippen molar-refractivity contribution in [3.05, 3.63) is 87.9 Å². The molecule has 2 heterocycles. The molecule has 3 aromatic rings. The van der Waals surface area contributed by atoms with E-state index < -0.39 is 5.56 Å². The molecular formula is C26H24N4O4. The van der Waals surface area contributed by atoms with Crippen molar-refractivity contribution < 1.29 is 14.3 Å². The van der Waals surface area contributed by atoms with Gasteiger partial charge in [0, 0.05) is 36.0 Å². The quantitative estimate of drug-likeness (QED) is 0.605. The summed E-state index contributed by atoms with van der Waals surface area (Å²) in [5.74, 6) is 0.279. The molecule has 172 valence electrons. The number of carbonyl (C=O) groups is 2. The van der Waals surface area contributed by atoms with Gasteiger partial charge >= 0.3 is 0 Å². The Hall–Kier alpha value is -4.20. The Morgan fingerprint density at radius 1 is 1.03 bits per heavy atom. The number of hydrazine groups is 1. The van der Waals surface area contributed by atoms with E-state index in [1.165, 1.54) is 11.1 Å². The fraction of sp³-hybridized carbons (Fsp3) is 0.231. The van der Waals surface area contributed by atoms with E-state index >= 15 is 0 Å². The van der Waals surface area contributed by atoms with Gasteiger partial charge in [0.05, 0.1) is 18.5 Å². The molecule has 8 heteroatoms. The van der Waals surface area contributed by atoms with Crippen LogP contribution < -0.4 is 15.7 Å². The monoisotopic (exact) mass is 456 g/mol. The van der Waals surface area contributed by atoms with Crippen LogP contribution in [0.5, 0.6) is 5.75 Å². The van der Waals surface area contributed by atoms with Crippen molar-refractivity contribution in [3.8, 4) is 17.0 Å². The van der Waals surface area contributed by atoms with Crippen LogP contribution in [0.4, 0.5) is 5.69 Å². The largest absolute Gasteiger partial charge is 0.497 e. The maximum atomic E-state index is 13.4. The number of anilines is 1. The van der Waals surface area contributed by atoms with Gasteiger partial charge in [-0.05, 0) is 30.5 Å². The normalized spacial score (nSPS) is 18.0. The third-order valence-electron chi connectivity index (χ3n) is 6.28. The number of Topliss-reactive ketones (excluding diaryl/α,β-unsaturated/α-hetero) is 1. The van der Waals surface area contributed by atoms with Crippen LogP contribution in [-0.4, -0.2) is 34.0 Å². The van der Waals surface area contributed by atoms with E-state index in [2.05, 4.69) is 15.6 Å². The van der Waals surface area contributed by atoms with Gasteiger partial charge in [0.25, 0.3) is 5.56 Å². The number of benzene rings is 2. The predicted octanol–water partition coefficient (Wildman–Crippen LogP) is 3.80. The van der Waals surface area contributed by atoms with Crippen LogP contribution in [0.25, 0.3) is 11.3 Å². The third-order valence-corrected chi connectivity index (χ3v) is 6.28. The molecule has 0 saturated carbocycles. The number of nitrogens with zero attached hydrogens (tertiary/aromatic N) is 2. The Bertz CT molecular complexity index is 1330. The second-order valence-electron chi connectivity index (χ2n) is 8.37. The van der Waals surface area contributed by atoms with Crippen molar-refractivity contribution in [2.45, 2.75) is 31.6 Å². The number of allylic oxidation sites excluding steroid dienone is 2. The number of nitrogens with one attached hydrogen (secondary N) is 2. The lowest BCUT2D eigenvalue weighted by atomic mass is 9.77. The molecule has 0 spiro atoms. The molecule has 1 aliphatic carbocycles. The first-order valence-corrected chi connectivity index (χ1v) is 11.2. The number of rotatable bonds is 5. The van der Waals surface area contributed by atoms with Crippen molar-refractivity contribution in [2.75, 3.05) is 12.5 Å². The molecule has 34 heavy (non-hydrogen) atoms. The molecule has 8 nitrogen and oxygen atoms in total. The number of hydrogen-bond donors (Lipinski definition) is 2. The first-order chi connectivity index (χ1) is 16.5. The highest BCUT2D eigenvalue weighted by Crippen LogP contribution is 2.42. The van der Waals surface area contributed by atoms with Crippen molar-refractivity contribution >= 4 is 17.4 Å². The minimum atomic E-state index is -0.392.